The van der Waals surface area contributed by atoms with Gasteiger partial charge in [0.2, 0.25) is 0 Å². The molecular weight excluding hydrogens is 194 g/mol. The zero-order chi connectivity index (χ0) is 10.4. The van der Waals surface area contributed by atoms with Crippen LogP contribution in [0.5, 0.6) is 0 Å². The number of hydrogen-bond acceptors (Lipinski definition) is 3. The predicted molar refractivity (Wildman–Crippen MR) is 52.3 cm³/mol. The molecule has 74 valence electrons. The van der Waals surface area contributed by atoms with Gasteiger partial charge in [-0.3, -0.25) is 4.79 Å². The van der Waals surface area contributed by atoms with Crippen LogP contribution in [-0.4, -0.2) is 20.0 Å². The first kappa shape index (κ1) is 8.10. The number of rotatable bonds is 0. The largest absolute Gasteiger partial charge is 0.449 e. The molecule has 0 atom stereocenters. The first-order valence-corrected chi connectivity index (χ1v) is 4.49. The maximum absolute atomic E-state index is 11.9. The van der Waals surface area contributed by atoms with Crippen LogP contribution >= 0.6 is 0 Å². The van der Waals surface area contributed by atoms with E-state index in [0.29, 0.717) is 11.2 Å². The van der Waals surface area contributed by atoms with Crippen molar-refractivity contribution in [3.05, 3.63) is 34.6 Å². The van der Waals surface area contributed by atoms with Gasteiger partial charge in [0.25, 0.3) is 0 Å². The number of fused-ring (bicyclic) bond motifs is 3. The van der Waals surface area contributed by atoms with Crippen molar-refractivity contribution in [1.29, 1.82) is 0 Å². The molecule has 3 rings (SSSR count). The van der Waals surface area contributed by atoms with Crippen LogP contribution in [-0.2, 0) is 7.05 Å². The van der Waals surface area contributed by atoms with E-state index in [9.17, 15) is 4.79 Å². The molecule has 0 fully saturated rings. The first-order valence-electron chi connectivity index (χ1n) is 4.49. The Hall–Kier alpha value is -2.24. The second-order valence-electron chi connectivity index (χ2n) is 3.32. The molecule has 0 aliphatic carbocycles. The fraction of sp³-hybridized carbons (Fsp3) is 0.111. The highest BCUT2D eigenvalue weighted by Crippen LogP contribution is 2.06. The molecule has 0 aliphatic rings. The average Bonchev–Trinajstić information content (AvgIpc) is 2.75. The molecule has 0 unspecified atom stereocenters. The fourth-order valence-corrected chi connectivity index (χ4v) is 1.70. The molecule has 6 nitrogen and oxygen atoms in total. The summed E-state index contributed by atoms with van der Waals surface area (Å²) in [6.45, 7) is 0. The zero-order valence-corrected chi connectivity index (χ0v) is 8.01. The highest BCUT2D eigenvalue weighted by molar-refractivity contribution is 5.78. The second-order valence-corrected chi connectivity index (χ2v) is 3.32. The van der Waals surface area contributed by atoms with Gasteiger partial charge in [-0.15, -0.1) is 9.73 Å². The molecule has 0 saturated carbocycles. The average molecular weight is 202 g/mol. The lowest BCUT2D eigenvalue weighted by atomic mass is 10.2. The molecule has 6 heteroatoms. The summed E-state index contributed by atoms with van der Waals surface area (Å²) < 4.78 is 3.14. The van der Waals surface area contributed by atoms with E-state index in [4.69, 9.17) is 0 Å². The molecule has 3 aromatic rings. The summed E-state index contributed by atoms with van der Waals surface area (Å²) in [6, 6.07) is 7.34. The summed E-state index contributed by atoms with van der Waals surface area (Å²) in [5, 5.41) is 10.9. The van der Waals surface area contributed by atoms with Gasteiger partial charge in [0.15, 0.2) is 0 Å². The highest BCUT2D eigenvalue weighted by atomic mass is 16.1. The topological polar surface area (TPSA) is 66.9 Å². The van der Waals surface area contributed by atoms with Gasteiger partial charge in [-0.1, -0.05) is 12.1 Å². The Balaban J connectivity index is 2.77. The van der Waals surface area contributed by atoms with E-state index in [2.05, 4.69) is 15.5 Å². The van der Waals surface area contributed by atoms with E-state index in [1.807, 2.05) is 18.2 Å². The summed E-state index contributed by atoms with van der Waals surface area (Å²) in [6.07, 6.45) is 0. The zero-order valence-electron chi connectivity index (χ0n) is 8.01. The lowest BCUT2D eigenvalue weighted by Crippen LogP contribution is -2.48. The number of nitrogens with one attached hydrogen (secondary N) is 1. The number of H-pyrrole nitrogens is 1. The number of benzene rings is 1. The van der Waals surface area contributed by atoms with E-state index in [0.717, 1.165) is 5.52 Å². The molecule has 2 heterocycles. The maximum atomic E-state index is 11.9. The van der Waals surface area contributed by atoms with Gasteiger partial charge in [-0.25, -0.2) is 0 Å². The number of aryl methyl sites for hydroxylation is 1. The van der Waals surface area contributed by atoms with Gasteiger partial charge in [0.1, 0.15) is 5.52 Å². The lowest BCUT2D eigenvalue weighted by molar-refractivity contribution is -0.663. The SMILES string of the molecule is C[n+]1c(=O)c2ccccc2n2[nH]nnc21. The number of aromatic nitrogens is 5. The Morgan fingerprint density at radius 3 is 3.07 bits per heavy atom. The minimum Gasteiger partial charge on any atom is -0.250 e. The third kappa shape index (κ3) is 0.927. The highest BCUT2D eigenvalue weighted by Gasteiger charge is 2.17. The van der Waals surface area contributed by atoms with E-state index in [-0.39, 0.29) is 5.56 Å². The quantitative estimate of drug-likeness (QED) is 0.495. The van der Waals surface area contributed by atoms with Crippen LogP contribution in [0, 0.1) is 0 Å². The molecule has 0 saturated heterocycles. The Morgan fingerprint density at radius 2 is 2.20 bits per heavy atom. The smallest absolute Gasteiger partial charge is 0.250 e. The van der Waals surface area contributed by atoms with Crippen LogP contribution < -0.4 is 10.1 Å². The molecular formula is C9H8N5O+. The summed E-state index contributed by atoms with van der Waals surface area (Å²) in [7, 11) is 1.67. The Labute approximate surface area is 83.8 Å². The van der Waals surface area contributed by atoms with E-state index in [1.165, 1.54) is 4.57 Å². The van der Waals surface area contributed by atoms with Crippen LogP contribution in [0.3, 0.4) is 0 Å². The summed E-state index contributed by atoms with van der Waals surface area (Å²) >= 11 is 0. The minimum absolute atomic E-state index is 0.0699. The van der Waals surface area contributed by atoms with Crippen LogP contribution in [0.2, 0.25) is 0 Å². The molecule has 0 aliphatic heterocycles. The van der Waals surface area contributed by atoms with Crippen molar-refractivity contribution in [2.24, 2.45) is 7.05 Å². The van der Waals surface area contributed by atoms with Crippen molar-refractivity contribution in [1.82, 2.24) is 20.0 Å². The monoisotopic (exact) mass is 202 g/mol. The van der Waals surface area contributed by atoms with Gasteiger partial charge in [0, 0.05) is 5.21 Å². The van der Waals surface area contributed by atoms with E-state index in [1.54, 1.807) is 17.6 Å². The first-order chi connectivity index (χ1) is 7.29. The third-order valence-corrected chi connectivity index (χ3v) is 2.46. The van der Waals surface area contributed by atoms with Crippen molar-refractivity contribution < 1.29 is 4.57 Å². The van der Waals surface area contributed by atoms with Crippen LogP contribution in [0.1, 0.15) is 0 Å². The Kier molecular flexibility index (Phi) is 1.42. The second kappa shape index (κ2) is 2.63. The number of tetrazole rings is 1. The van der Waals surface area contributed by atoms with Crippen molar-refractivity contribution in [3.8, 4) is 0 Å². The number of hydrogen-bond donors (Lipinski definition) is 1. The van der Waals surface area contributed by atoms with Crippen molar-refractivity contribution in [2.75, 3.05) is 0 Å². The van der Waals surface area contributed by atoms with Gasteiger partial charge >= 0.3 is 11.3 Å². The lowest BCUT2D eigenvalue weighted by Gasteiger charge is -1.96. The third-order valence-electron chi connectivity index (χ3n) is 2.46. The molecule has 0 spiro atoms. The Bertz CT molecular complexity index is 711. The van der Waals surface area contributed by atoms with Crippen molar-refractivity contribution in [3.63, 3.8) is 0 Å². The number of para-hydroxylation sites is 1. The molecule has 0 radical (unpaired) electrons. The van der Waals surface area contributed by atoms with E-state index >= 15 is 0 Å². The van der Waals surface area contributed by atoms with Crippen LogP contribution in [0.25, 0.3) is 16.7 Å². The van der Waals surface area contributed by atoms with Gasteiger partial charge in [0.05, 0.1) is 17.5 Å². The van der Waals surface area contributed by atoms with Gasteiger partial charge in [-0.05, 0) is 12.1 Å². The fourth-order valence-electron chi connectivity index (χ4n) is 1.70. The maximum Gasteiger partial charge on any atom is 0.449 e. The van der Waals surface area contributed by atoms with E-state index < -0.39 is 0 Å². The normalized spacial score (nSPS) is 11.3. The molecule has 15 heavy (non-hydrogen) atoms. The molecule has 1 aromatic carbocycles. The molecule has 0 amide bonds. The number of nitrogens with zero attached hydrogens (tertiary/aromatic N) is 4. The predicted octanol–water partition coefficient (Wildman–Crippen LogP) is -0.605. The van der Waals surface area contributed by atoms with Gasteiger partial charge in [-0.2, -0.15) is 4.57 Å². The van der Waals surface area contributed by atoms with Crippen LogP contribution in [0.4, 0.5) is 0 Å². The van der Waals surface area contributed by atoms with Crippen LogP contribution in [0.15, 0.2) is 29.1 Å². The minimum atomic E-state index is -0.0699. The Morgan fingerprint density at radius 1 is 1.40 bits per heavy atom. The summed E-state index contributed by atoms with van der Waals surface area (Å²) in [5.41, 5.74) is 0.708. The standard InChI is InChI=1S/C9H7N5O/c1-13-8(15)6-4-2-3-5-7(6)14-9(13)10-11-12-14/h2-5H,1H3/p+1. The summed E-state index contributed by atoms with van der Waals surface area (Å²) in [5.74, 6) is 0.499. The molecule has 0 bridgehead atoms. The van der Waals surface area contributed by atoms with Crippen molar-refractivity contribution >= 4 is 16.7 Å². The molecule has 2 aromatic heterocycles. The van der Waals surface area contributed by atoms with Gasteiger partial charge < -0.3 is 0 Å². The number of aromatic amines is 1. The van der Waals surface area contributed by atoms with Crippen molar-refractivity contribution in [2.45, 2.75) is 0 Å². The summed E-state index contributed by atoms with van der Waals surface area (Å²) in [4.78, 5) is 11.9. The molecule has 1 N–H and O–H groups in total.